The summed E-state index contributed by atoms with van der Waals surface area (Å²) in [5.74, 6) is -1.02. The number of hydrogen-bond acceptors (Lipinski definition) is 4. The van der Waals surface area contributed by atoms with Crippen molar-refractivity contribution >= 4 is 5.97 Å². The quantitative estimate of drug-likeness (QED) is 0.780. The summed E-state index contributed by atoms with van der Waals surface area (Å²) in [6.45, 7) is 0.417. The van der Waals surface area contributed by atoms with Gasteiger partial charge in [0.2, 0.25) is 0 Å². The molecule has 2 rings (SSSR count). The van der Waals surface area contributed by atoms with Crippen LogP contribution >= 0.6 is 0 Å². The van der Waals surface area contributed by atoms with Crippen molar-refractivity contribution in [2.45, 2.75) is 38.1 Å². The van der Waals surface area contributed by atoms with Gasteiger partial charge in [0.15, 0.2) is 5.69 Å². The highest BCUT2D eigenvalue weighted by Gasteiger charge is 2.25. The predicted molar refractivity (Wildman–Crippen MR) is 57.2 cm³/mol. The fourth-order valence-electron chi connectivity index (χ4n) is 2.29. The molecule has 0 amide bonds. The molecule has 6 heteroatoms. The normalized spacial score (nSPS) is 16.8. The van der Waals surface area contributed by atoms with Gasteiger partial charge in [-0.15, -0.1) is 5.10 Å². The first kappa shape index (κ1) is 11.1. The Kier molecular flexibility index (Phi) is 3.19. The van der Waals surface area contributed by atoms with Crippen molar-refractivity contribution in [3.05, 3.63) is 11.4 Å². The molecule has 0 saturated heterocycles. The largest absolute Gasteiger partial charge is 0.476 e. The summed E-state index contributed by atoms with van der Waals surface area (Å²) in [5.41, 5.74) is 6.22. The van der Waals surface area contributed by atoms with Gasteiger partial charge in [-0.2, -0.15) is 0 Å². The Morgan fingerprint density at radius 3 is 2.75 bits per heavy atom. The van der Waals surface area contributed by atoms with Gasteiger partial charge in [0.25, 0.3) is 0 Å². The predicted octanol–water partition coefficient (Wildman–Crippen LogP) is 0.593. The first-order valence-electron chi connectivity index (χ1n) is 5.61. The average Bonchev–Trinajstić information content (AvgIpc) is 2.84. The molecule has 6 nitrogen and oxygen atoms in total. The second kappa shape index (κ2) is 4.61. The second-order valence-electron chi connectivity index (χ2n) is 4.11. The lowest BCUT2D eigenvalue weighted by molar-refractivity contribution is 0.0689. The number of carboxylic acids is 1. The van der Waals surface area contributed by atoms with Gasteiger partial charge < -0.3 is 10.8 Å². The molecule has 1 saturated carbocycles. The Hall–Kier alpha value is -1.43. The fourth-order valence-corrected chi connectivity index (χ4v) is 2.29. The van der Waals surface area contributed by atoms with E-state index in [4.69, 9.17) is 10.8 Å². The highest BCUT2D eigenvalue weighted by atomic mass is 16.4. The molecule has 0 unspecified atom stereocenters. The van der Waals surface area contributed by atoms with E-state index in [2.05, 4.69) is 10.3 Å². The van der Waals surface area contributed by atoms with Crippen LogP contribution in [-0.4, -0.2) is 32.6 Å². The SMILES string of the molecule is NCCc1c(C(=O)O)nnn1C1CCCC1. The molecule has 0 bridgehead atoms. The Bertz CT molecular complexity index is 382. The number of carboxylic acid groups (broad SMARTS) is 1. The van der Waals surface area contributed by atoms with Crippen LogP contribution in [0.3, 0.4) is 0 Å². The van der Waals surface area contributed by atoms with Gasteiger partial charge in [0, 0.05) is 6.42 Å². The first-order valence-corrected chi connectivity index (χ1v) is 5.61. The number of aromatic carboxylic acids is 1. The van der Waals surface area contributed by atoms with E-state index in [0.29, 0.717) is 24.7 Å². The van der Waals surface area contributed by atoms with Crippen molar-refractivity contribution in [3.8, 4) is 0 Å². The minimum Gasteiger partial charge on any atom is -0.476 e. The maximum absolute atomic E-state index is 11.0. The zero-order chi connectivity index (χ0) is 11.5. The van der Waals surface area contributed by atoms with Crippen LogP contribution in [0, 0.1) is 0 Å². The molecule has 3 N–H and O–H groups in total. The van der Waals surface area contributed by atoms with Crippen molar-refractivity contribution in [1.82, 2.24) is 15.0 Å². The molecule has 0 atom stereocenters. The molecule has 1 aromatic rings. The van der Waals surface area contributed by atoms with Gasteiger partial charge in [0.05, 0.1) is 11.7 Å². The van der Waals surface area contributed by atoms with Crippen LogP contribution in [0.4, 0.5) is 0 Å². The van der Waals surface area contributed by atoms with E-state index in [9.17, 15) is 4.79 Å². The zero-order valence-corrected chi connectivity index (χ0v) is 9.09. The van der Waals surface area contributed by atoms with Crippen LogP contribution < -0.4 is 5.73 Å². The molecule has 1 aliphatic carbocycles. The summed E-state index contributed by atoms with van der Waals surface area (Å²) < 4.78 is 1.77. The van der Waals surface area contributed by atoms with Gasteiger partial charge in [-0.1, -0.05) is 18.1 Å². The highest BCUT2D eigenvalue weighted by Crippen LogP contribution is 2.30. The fraction of sp³-hybridized carbons (Fsp3) is 0.700. The highest BCUT2D eigenvalue weighted by molar-refractivity contribution is 5.86. The number of rotatable bonds is 4. The van der Waals surface area contributed by atoms with E-state index in [0.717, 1.165) is 12.8 Å². The van der Waals surface area contributed by atoms with Crippen LogP contribution in [0.15, 0.2) is 0 Å². The van der Waals surface area contributed by atoms with E-state index in [1.807, 2.05) is 0 Å². The van der Waals surface area contributed by atoms with Gasteiger partial charge in [0.1, 0.15) is 0 Å². The molecule has 0 spiro atoms. The Balaban J connectivity index is 2.32. The van der Waals surface area contributed by atoms with Gasteiger partial charge >= 0.3 is 5.97 Å². The van der Waals surface area contributed by atoms with Crippen molar-refractivity contribution in [2.75, 3.05) is 6.54 Å². The van der Waals surface area contributed by atoms with E-state index in [1.54, 1.807) is 4.68 Å². The smallest absolute Gasteiger partial charge is 0.358 e. The third-order valence-corrected chi connectivity index (χ3v) is 3.05. The van der Waals surface area contributed by atoms with Crippen LogP contribution in [0.2, 0.25) is 0 Å². The number of hydrogen-bond donors (Lipinski definition) is 2. The molecule has 0 radical (unpaired) electrons. The zero-order valence-electron chi connectivity index (χ0n) is 9.09. The topological polar surface area (TPSA) is 94.0 Å². The molecular weight excluding hydrogens is 208 g/mol. The lowest BCUT2D eigenvalue weighted by Gasteiger charge is -2.12. The van der Waals surface area contributed by atoms with Crippen molar-refractivity contribution < 1.29 is 9.90 Å². The minimum atomic E-state index is -1.02. The standard InChI is InChI=1S/C10H16N4O2/c11-6-5-8-9(10(15)16)12-13-14(8)7-3-1-2-4-7/h7H,1-6,11H2,(H,15,16). The summed E-state index contributed by atoms with van der Waals surface area (Å²) in [6, 6.07) is 0.308. The first-order chi connectivity index (χ1) is 7.74. The van der Waals surface area contributed by atoms with Crippen LogP contribution in [0.5, 0.6) is 0 Å². The summed E-state index contributed by atoms with van der Waals surface area (Å²) >= 11 is 0. The molecule has 1 aromatic heterocycles. The van der Waals surface area contributed by atoms with Crippen molar-refractivity contribution in [3.63, 3.8) is 0 Å². The summed E-state index contributed by atoms with van der Waals surface area (Å²) in [7, 11) is 0. The van der Waals surface area contributed by atoms with Crippen LogP contribution in [0.1, 0.15) is 47.9 Å². The monoisotopic (exact) mass is 224 g/mol. The van der Waals surface area contributed by atoms with E-state index < -0.39 is 5.97 Å². The molecule has 1 aliphatic rings. The van der Waals surface area contributed by atoms with Crippen molar-refractivity contribution in [1.29, 1.82) is 0 Å². The Morgan fingerprint density at radius 1 is 1.50 bits per heavy atom. The maximum atomic E-state index is 11.0. The maximum Gasteiger partial charge on any atom is 0.358 e. The third-order valence-electron chi connectivity index (χ3n) is 3.05. The summed E-state index contributed by atoms with van der Waals surface area (Å²) in [4.78, 5) is 11.0. The molecular formula is C10H16N4O2. The molecule has 88 valence electrons. The number of carbonyl (C=O) groups is 1. The van der Waals surface area contributed by atoms with E-state index in [1.165, 1.54) is 12.8 Å². The number of nitrogens with two attached hydrogens (primary N) is 1. The molecule has 16 heavy (non-hydrogen) atoms. The van der Waals surface area contributed by atoms with Gasteiger partial charge in [-0.25, -0.2) is 9.48 Å². The summed E-state index contributed by atoms with van der Waals surface area (Å²) in [5, 5.41) is 16.7. The molecule has 1 fully saturated rings. The van der Waals surface area contributed by atoms with E-state index in [-0.39, 0.29) is 5.69 Å². The molecule has 0 aromatic carbocycles. The Morgan fingerprint density at radius 2 is 2.19 bits per heavy atom. The van der Waals surface area contributed by atoms with Gasteiger partial charge in [-0.3, -0.25) is 0 Å². The average molecular weight is 224 g/mol. The molecule has 0 aliphatic heterocycles. The second-order valence-corrected chi connectivity index (χ2v) is 4.11. The number of aromatic nitrogens is 3. The van der Waals surface area contributed by atoms with Crippen LogP contribution in [-0.2, 0) is 6.42 Å². The Labute approximate surface area is 93.4 Å². The lowest BCUT2D eigenvalue weighted by atomic mass is 10.2. The molecule has 1 heterocycles. The van der Waals surface area contributed by atoms with E-state index >= 15 is 0 Å². The van der Waals surface area contributed by atoms with Gasteiger partial charge in [-0.05, 0) is 19.4 Å². The third kappa shape index (κ3) is 1.92. The van der Waals surface area contributed by atoms with Crippen LogP contribution in [0.25, 0.3) is 0 Å². The van der Waals surface area contributed by atoms with Crippen molar-refractivity contribution in [2.24, 2.45) is 5.73 Å². The number of nitrogens with zero attached hydrogens (tertiary/aromatic N) is 3. The lowest BCUT2D eigenvalue weighted by Crippen LogP contribution is -2.16. The minimum absolute atomic E-state index is 0.0531. The summed E-state index contributed by atoms with van der Waals surface area (Å²) in [6.07, 6.45) is 4.98.